The number of imide groups is 4. The molecule has 3 aliphatic heterocycles. The summed E-state index contributed by atoms with van der Waals surface area (Å²) in [5, 5.41) is 0. The van der Waals surface area contributed by atoms with E-state index in [9.17, 15) is 38.4 Å². The van der Waals surface area contributed by atoms with E-state index in [1.165, 1.54) is 0 Å². The summed E-state index contributed by atoms with van der Waals surface area (Å²) in [6.45, 7) is 6.29. The van der Waals surface area contributed by atoms with Gasteiger partial charge in [-0.05, 0) is 0 Å². The third-order valence-electron chi connectivity index (χ3n) is 5.64. The van der Waals surface area contributed by atoms with Crippen LogP contribution in [0.1, 0.15) is 41.5 Å². The Bertz CT molecular complexity index is 856. The van der Waals surface area contributed by atoms with E-state index >= 15 is 0 Å². The van der Waals surface area contributed by atoms with Crippen molar-refractivity contribution in [1.82, 2.24) is 29.4 Å². The molecule has 172 valence electrons. The predicted molar refractivity (Wildman–Crippen MR) is 101 cm³/mol. The van der Waals surface area contributed by atoms with Gasteiger partial charge in [-0.25, -0.2) is 29.2 Å². The lowest BCUT2D eigenvalue weighted by atomic mass is 10.1. The van der Waals surface area contributed by atoms with Crippen LogP contribution in [0.2, 0.25) is 0 Å². The Morgan fingerprint density at radius 3 is 0.750 bits per heavy atom. The van der Waals surface area contributed by atoms with Gasteiger partial charge in [0.15, 0.2) is 24.7 Å². The van der Waals surface area contributed by atoms with Crippen LogP contribution < -0.4 is 0 Å². The van der Waals surface area contributed by atoms with Gasteiger partial charge in [-0.1, -0.05) is 0 Å². The highest BCUT2D eigenvalue weighted by atomic mass is 16.2. The predicted octanol–water partition coefficient (Wildman–Crippen LogP) is -1.34. The van der Waals surface area contributed by atoms with E-state index in [4.69, 9.17) is 0 Å². The number of amides is 10. The fourth-order valence-electron chi connectivity index (χ4n) is 4.63. The molecule has 4 atom stereocenters. The lowest BCUT2D eigenvalue weighted by Gasteiger charge is -2.52. The van der Waals surface area contributed by atoms with Gasteiger partial charge in [0.25, 0.3) is 0 Å². The third kappa shape index (κ3) is 2.85. The Morgan fingerprint density at radius 1 is 0.438 bits per heavy atom. The topological polar surface area (TPSA) is 156 Å². The first-order valence-electron chi connectivity index (χ1n) is 9.60. The zero-order valence-corrected chi connectivity index (χ0v) is 18.3. The van der Waals surface area contributed by atoms with Gasteiger partial charge < -0.3 is 0 Å². The van der Waals surface area contributed by atoms with Crippen LogP contribution in [0.15, 0.2) is 0 Å². The smallest absolute Gasteiger partial charge is 0.293 e. The van der Waals surface area contributed by atoms with E-state index in [0.29, 0.717) is 19.6 Å². The van der Waals surface area contributed by atoms with Crippen LogP contribution in [0.5, 0.6) is 0 Å². The highest BCUT2D eigenvalue weighted by molar-refractivity contribution is 6.06. The van der Waals surface area contributed by atoms with Crippen molar-refractivity contribution in [2.24, 2.45) is 0 Å². The first-order valence-corrected chi connectivity index (χ1v) is 9.60. The first kappa shape index (κ1) is 22.8. The van der Waals surface area contributed by atoms with Crippen molar-refractivity contribution in [2.45, 2.75) is 66.2 Å². The van der Waals surface area contributed by atoms with Crippen molar-refractivity contribution >= 4 is 47.5 Å². The SMILES string of the molecule is CC(=O)N1C(=O)N(C(C)=O)C2C1N(C(C)=O)C1C(N(C(C)=O)C(=O)N1C(C)=O)N2C(C)=O. The number of carbonyl (C=O) groups excluding carboxylic acids is 8. The van der Waals surface area contributed by atoms with Crippen molar-refractivity contribution in [1.29, 1.82) is 0 Å². The summed E-state index contributed by atoms with van der Waals surface area (Å²) in [7, 11) is 0. The minimum Gasteiger partial charge on any atom is -0.293 e. The summed E-state index contributed by atoms with van der Waals surface area (Å²) < 4.78 is 0. The van der Waals surface area contributed by atoms with Crippen LogP contribution in [0.25, 0.3) is 0 Å². The largest absolute Gasteiger partial charge is 0.337 e. The quantitative estimate of drug-likeness (QED) is 0.439. The molecular formula is C18H22N6O8. The number of hydrogen-bond acceptors (Lipinski definition) is 8. The third-order valence-corrected chi connectivity index (χ3v) is 5.64. The first-order chi connectivity index (χ1) is 14.7. The van der Waals surface area contributed by atoms with Crippen LogP contribution in [-0.4, -0.2) is 102 Å². The average Bonchev–Trinajstić information content (AvgIpc) is 3.09. The molecule has 3 heterocycles. The molecule has 3 aliphatic rings. The standard InChI is InChI=1S/C18H22N6O8/c1-7(25)19-13-15(23(11(5)29)17(31)21(13)9(3)27)20(8(2)26)16-14(19)22(10(4)28)18(32)24(16)12(6)30/h13-16H,1-6H3. The van der Waals surface area contributed by atoms with Crippen LogP contribution in [0.4, 0.5) is 9.59 Å². The van der Waals surface area contributed by atoms with E-state index in [1.807, 2.05) is 0 Å². The van der Waals surface area contributed by atoms with Crippen LogP contribution in [0, 0.1) is 0 Å². The van der Waals surface area contributed by atoms with Gasteiger partial charge in [-0.3, -0.25) is 38.6 Å². The molecule has 32 heavy (non-hydrogen) atoms. The highest BCUT2D eigenvalue weighted by Crippen LogP contribution is 2.42. The molecule has 0 N–H and O–H groups in total. The number of urea groups is 2. The summed E-state index contributed by atoms with van der Waals surface area (Å²) in [6.07, 6.45) is -6.08. The average molecular weight is 450 g/mol. The molecular weight excluding hydrogens is 428 g/mol. The van der Waals surface area contributed by atoms with Crippen LogP contribution in [-0.2, 0) is 28.8 Å². The van der Waals surface area contributed by atoms with Gasteiger partial charge in [0.2, 0.25) is 35.4 Å². The Morgan fingerprint density at radius 2 is 0.625 bits per heavy atom. The molecule has 3 saturated heterocycles. The van der Waals surface area contributed by atoms with E-state index in [1.54, 1.807) is 0 Å². The van der Waals surface area contributed by atoms with Crippen molar-refractivity contribution in [3.05, 3.63) is 0 Å². The number of fused-ring (bicyclic) bond motifs is 2. The fourth-order valence-corrected chi connectivity index (χ4v) is 4.63. The molecule has 3 rings (SSSR count). The molecule has 4 unspecified atom stereocenters. The Balaban J connectivity index is 2.38. The Hall–Kier alpha value is -3.84. The van der Waals surface area contributed by atoms with Crippen LogP contribution >= 0.6 is 0 Å². The molecule has 0 spiro atoms. The van der Waals surface area contributed by atoms with Gasteiger partial charge in [-0.2, -0.15) is 0 Å². The maximum atomic E-state index is 13.0. The summed E-state index contributed by atoms with van der Waals surface area (Å²) in [5.41, 5.74) is 0. The molecule has 0 aliphatic carbocycles. The van der Waals surface area contributed by atoms with Crippen molar-refractivity contribution in [2.75, 3.05) is 0 Å². The summed E-state index contributed by atoms with van der Waals surface area (Å²) in [5.74, 6) is -4.83. The summed E-state index contributed by atoms with van der Waals surface area (Å²) in [6, 6.07) is -2.15. The minimum atomic E-state index is -1.52. The second kappa shape index (κ2) is 7.39. The molecule has 0 aromatic carbocycles. The van der Waals surface area contributed by atoms with E-state index in [2.05, 4.69) is 0 Å². The Kier molecular flexibility index (Phi) is 5.27. The second-order valence-electron chi connectivity index (χ2n) is 7.63. The van der Waals surface area contributed by atoms with Crippen LogP contribution in [0.3, 0.4) is 0 Å². The molecule has 0 bridgehead atoms. The number of rotatable bonds is 0. The highest BCUT2D eigenvalue weighted by Gasteiger charge is 2.69. The van der Waals surface area contributed by atoms with E-state index in [-0.39, 0.29) is 0 Å². The normalized spacial score (nSPS) is 26.9. The molecule has 14 heteroatoms. The zero-order chi connectivity index (χ0) is 24.4. The van der Waals surface area contributed by atoms with Crippen molar-refractivity contribution < 1.29 is 38.4 Å². The summed E-state index contributed by atoms with van der Waals surface area (Å²) >= 11 is 0. The molecule has 10 amide bonds. The number of nitrogens with zero attached hydrogens (tertiary/aromatic N) is 6. The lowest BCUT2D eigenvalue weighted by molar-refractivity contribution is -0.187. The van der Waals surface area contributed by atoms with Gasteiger partial charge in [0.05, 0.1) is 0 Å². The molecule has 3 fully saturated rings. The zero-order valence-electron chi connectivity index (χ0n) is 18.3. The van der Waals surface area contributed by atoms with Gasteiger partial charge >= 0.3 is 12.1 Å². The van der Waals surface area contributed by atoms with Gasteiger partial charge in [-0.15, -0.1) is 0 Å². The van der Waals surface area contributed by atoms with E-state index in [0.717, 1.165) is 51.3 Å². The molecule has 0 aromatic heterocycles. The molecule has 0 aromatic rings. The van der Waals surface area contributed by atoms with E-state index < -0.39 is 72.2 Å². The maximum Gasteiger partial charge on any atom is 0.337 e. The molecule has 14 nitrogen and oxygen atoms in total. The van der Waals surface area contributed by atoms with Crippen molar-refractivity contribution in [3.63, 3.8) is 0 Å². The maximum absolute atomic E-state index is 13.0. The van der Waals surface area contributed by atoms with Gasteiger partial charge in [0, 0.05) is 41.5 Å². The lowest BCUT2D eigenvalue weighted by Crippen LogP contribution is -2.76. The van der Waals surface area contributed by atoms with Gasteiger partial charge in [0.1, 0.15) is 0 Å². The van der Waals surface area contributed by atoms with Crippen molar-refractivity contribution in [3.8, 4) is 0 Å². The molecule has 0 radical (unpaired) electrons. The number of carbonyl (C=O) groups is 8. The minimum absolute atomic E-state index is 0.624. The molecule has 0 saturated carbocycles. The number of piperazine rings is 1. The number of hydrogen-bond donors (Lipinski definition) is 0. The monoisotopic (exact) mass is 450 g/mol. The fraction of sp³-hybridized carbons (Fsp3) is 0.556. The Labute approximate surface area is 182 Å². The second-order valence-corrected chi connectivity index (χ2v) is 7.63. The summed E-state index contributed by atoms with van der Waals surface area (Å²) in [4.78, 5) is 105.